The molecular weight excluding hydrogens is 160 g/mol. The Morgan fingerprint density at radius 3 is 2.92 bits per heavy atom. The van der Waals surface area contributed by atoms with Crippen LogP contribution in [-0.2, 0) is 0 Å². The molecule has 0 saturated carbocycles. The number of H-pyrrole nitrogens is 1. The fourth-order valence-electron chi connectivity index (χ4n) is 1.44. The SMILES string of the molecule is NCC[CH]c1cc2ccccc2[nH]1. The summed E-state index contributed by atoms with van der Waals surface area (Å²) < 4.78 is 0. The number of rotatable bonds is 3. The van der Waals surface area contributed by atoms with E-state index in [1.165, 1.54) is 10.9 Å². The number of benzene rings is 1. The topological polar surface area (TPSA) is 41.8 Å². The monoisotopic (exact) mass is 173 g/mol. The van der Waals surface area contributed by atoms with Gasteiger partial charge in [-0.1, -0.05) is 18.2 Å². The molecule has 2 rings (SSSR count). The Balaban J connectivity index is 2.28. The number of aromatic amines is 1. The van der Waals surface area contributed by atoms with Crippen LogP contribution >= 0.6 is 0 Å². The van der Waals surface area contributed by atoms with E-state index in [0.717, 1.165) is 12.1 Å². The molecule has 0 amide bonds. The van der Waals surface area contributed by atoms with Crippen molar-refractivity contribution in [3.63, 3.8) is 0 Å². The summed E-state index contributed by atoms with van der Waals surface area (Å²) >= 11 is 0. The first-order valence-electron chi connectivity index (χ1n) is 4.51. The molecule has 2 heteroatoms. The molecule has 67 valence electrons. The first kappa shape index (κ1) is 8.32. The Bertz CT molecular complexity index is 357. The van der Waals surface area contributed by atoms with Crippen LogP contribution in [0.5, 0.6) is 0 Å². The molecule has 0 aliphatic heterocycles. The molecule has 0 fully saturated rings. The summed E-state index contributed by atoms with van der Waals surface area (Å²) in [5.41, 5.74) is 7.77. The molecule has 0 saturated heterocycles. The highest BCUT2D eigenvalue weighted by atomic mass is 14.7. The normalized spacial score (nSPS) is 10.8. The molecule has 2 nitrogen and oxygen atoms in total. The maximum atomic E-state index is 5.43. The zero-order chi connectivity index (χ0) is 9.10. The smallest absolute Gasteiger partial charge is 0.0456 e. The molecule has 1 heterocycles. The predicted octanol–water partition coefficient (Wildman–Crippen LogP) is 2.07. The second-order valence-electron chi connectivity index (χ2n) is 3.09. The molecule has 13 heavy (non-hydrogen) atoms. The third-order valence-corrected chi connectivity index (χ3v) is 2.08. The van der Waals surface area contributed by atoms with Gasteiger partial charge in [0.1, 0.15) is 0 Å². The molecule has 0 atom stereocenters. The van der Waals surface area contributed by atoms with E-state index in [2.05, 4.69) is 29.6 Å². The van der Waals surface area contributed by atoms with Crippen molar-refractivity contribution in [2.24, 2.45) is 5.73 Å². The fourth-order valence-corrected chi connectivity index (χ4v) is 1.44. The average molecular weight is 173 g/mol. The number of fused-ring (bicyclic) bond motifs is 1. The van der Waals surface area contributed by atoms with Gasteiger partial charge in [-0.2, -0.15) is 0 Å². The summed E-state index contributed by atoms with van der Waals surface area (Å²) in [6.07, 6.45) is 3.05. The zero-order valence-electron chi connectivity index (χ0n) is 7.46. The van der Waals surface area contributed by atoms with Crippen molar-refractivity contribution in [3.05, 3.63) is 42.4 Å². The van der Waals surface area contributed by atoms with Gasteiger partial charge in [0.05, 0.1) is 0 Å². The minimum atomic E-state index is 0.704. The van der Waals surface area contributed by atoms with E-state index < -0.39 is 0 Å². The molecular formula is C11H13N2. The lowest BCUT2D eigenvalue weighted by Gasteiger charge is -1.92. The molecule has 0 spiro atoms. The largest absolute Gasteiger partial charge is 0.358 e. The lowest BCUT2D eigenvalue weighted by molar-refractivity contribution is 0.950. The van der Waals surface area contributed by atoms with E-state index in [1.807, 2.05) is 12.1 Å². The summed E-state index contributed by atoms with van der Waals surface area (Å²) in [5, 5.41) is 1.26. The second-order valence-corrected chi connectivity index (χ2v) is 3.09. The lowest BCUT2D eigenvalue weighted by Crippen LogP contribution is -1.98. The Hall–Kier alpha value is -1.28. The van der Waals surface area contributed by atoms with Crippen molar-refractivity contribution in [2.75, 3.05) is 6.54 Å². The first-order valence-corrected chi connectivity index (χ1v) is 4.51. The molecule has 0 aliphatic rings. The number of nitrogens with two attached hydrogens (primary N) is 1. The lowest BCUT2D eigenvalue weighted by atomic mass is 10.2. The van der Waals surface area contributed by atoms with Crippen LogP contribution in [0.4, 0.5) is 0 Å². The van der Waals surface area contributed by atoms with Crippen molar-refractivity contribution in [2.45, 2.75) is 6.42 Å². The number of para-hydroxylation sites is 1. The highest BCUT2D eigenvalue weighted by molar-refractivity contribution is 5.80. The first-order chi connectivity index (χ1) is 6.40. The van der Waals surface area contributed by atoms with Crippen LogP contribution in [0.1, 0.15) is 12.1 Å². The maximum Gasteiger partial charge on any atom is 0.0456 e. The standard InChI is InChI=1S/C11H13N2/c12-7-3-5-10-8-9-4-1-2-6-11(9)13-10/h1-2,4-6,8,13H,3,7,12H2. The van der Waals surface area contributed by atoms with Crippen LogP contribution in [0.15, 0.2) is 30.3 Å². The zero-order valence-corrected chi connectivity index (χ0v) is 7.46. The van der Waals surface area contributed by atoms with E-state index in [-0.39, 0.29) is 0 Å². The van der Waals surface area contributed by atoms with Crippen LogP contribution in [0, 0.1) is 6.42 Å². The Morgan fingerprint density at radius 1 is 1.31 bits per heavy atom. The van der Waals surface area contributed by atoms with Crippen LogP contribution in [0.3, 0.4) is 0 Å². The Kier molecular flexibility index (Phi) is 2.32. The number of hydrogen-bond acceptors (Lipinski definition) is 1. The summed E-state index contributed by atoms with van der Waals surface area (Å²) in [5.74, 6) is 0. The Morgan fingerprint density at radius 2 is 2.15 bits per heavy atom. The van der Waals surface area contributed by atoms with Crippen LogP contribution in [0.2, 0.25) is 0 Å². The fraction of sp³-hybridized carbons (Fsp3) is 0.182. The van der Waals surface area contributed by atoms with Crippen molar-refractivity contribution >= 4 is 10.9 Å². The highest BCUT2D eigenvalue weighted by Crippen LogP contribution is 2.16. The van der Waals surface area contributed by atoms with Crippen LogP contribution in [0.25, 0.3) is 10.9 Å². The summed E-state index contributed by atoms with van der Waals surface area (Å²) in [4.78, 5) is 3.32. The summed E-state index contributed by atoms with van der Waals surface area (Å²) in [6, 6.07) is 10.4. The number of aromatic nitrogens is 1. The molecule has 0 bridgehead atoms. The molecule has 1 aromatic heterocycles. The molecule has 0 aliphatic carbocycles. The maximum absolute atomic E-state index is 5.43. The van der Waals surface area contributed by atoms with Gasteiger partial charge in [0.15, 0.2) is 0 Å². The number of nitrogens with one attached hydrogen (secondary N) is 1. The van der Waals surface area contributed by atoms with Gasteiger partial charge in [-0.05, 0) is 30.5 Å². The third kappa shape index (κ3) is 1.73. The van der Waals surface area contributed by atoms with Gasteiger partial charge in [0, 0.05) is 17.6 Å². The van der Waals surface area contributed by atoms with E-state index >= 15 is 0 Å². The van der Waals surface area contributed by atoms with Crippen molar-refractivity contribution in [1.29, 1.82) is 0 Å². The van der Waals surface area contributed by atoms with Gasteiger partial charge in [0.2, 0.25) is 0 Å². The van der Waals surface area contributed by atoms with Crippen LogP contribution < -0.4 is 5.73 Å². The van der Waals surface area contributed by atoms with Gasteiger partial charge in [-0.3, -0.25) is 0 Å². The van der Waals surface area contributed by atoms with Gasteiger partial charge < -0.3 is 10.7 Å². The van der Waals surface area contributed by atoms with E-state index in [4.69, 9.17) is 5.73 Å². The number of hydrogen-bond donors (Lipinski definition) is 2. The summed E-state index contributed by atoms with van der Waals surface area (Å²) in [7, 11) is 0. The van der Waals surface area contributed by atoms with E-state index in [1.54, 1.807) is 0 Å². The molecule has 2 aromatic rings. The highest BCUT2D eigenvalue weighted by Gasteiger charge is 1.98. The van der Waals surface area contributed by atoms with Crippen molar-refractivity contribution in [1.82, 2.24) is 4.98 Å². The third-order valence-electron chi connectivity index (χ3n) is 2.08. The van der Waals surface area contributed by atoms with Gasteiger partial charge in [0.25, 0.3) is 0 Å². The molecule has 0 unspecified atom stereocenters. The average Bonchev–Trinajstić information content (AvgIpc) is 2.57. The minimum Gasteiger partial charge on any atom is -0.358 e. The van der Waals surface area contributed by atoms with Gasteiger partial charge in [-0.15, -0.1) is 0 Å². The molecule has 3 N–H and O–H groups in total. The quantitative estimate of drug-likeness (QED) is 0.733. The predicted molar refractivity (Wildman–Crippen MR) is 55.4 cm³/mol. The Labute approximate surface area is 77.8 Å². The molecule has 1 aromatic carbocycles. The summed E-state index contributed by atoms with van der Waals surface area (Å²) in [6.45, 7) is 0.704. The van der Waals surface area contributed by atoms with Crippen molar-refractivity contribution < 1.29 is 0 Å². The van der Waals surface area contributed by atoms with Gasteiger partial charge >= 0.3 is 0 Å². The van der Waals surface area contributed by atoms with E-state index in [9.17, 15) is 0 Å². The second kappa shape index (κ2) is 3.62. The van der Waals surface area contributed by atoms with E-state index in [0.29, 0.717) is 6.54 Å². The van der Waals surface area contributed by atoms with Gasteiger partial charge in [-0.25, -0.2) is 0 Å². The van der Waals surface area contributed by atoms with Crippen LogP contribution in [-0.4, -0.2) is 11.5 Å². The minimum absolute atomic E-state index is 0.704. The molecule has 1 radical (unpaired) electrons. The van der Waals surface area contributed by atoms with Crippen molar-refractivity contribution in [3.8, 4) is 0 Å².